The quantitative estimate of drug-likeness (QED) is 0.884. The number of hydrogen-bond acceptors (Lipinski definition) is 4. The van der Waals surface area contributed by atoms with Crippen molar-refractivity contribution in [1.82, 2.24) is 15.0 Å². The molecule has 1 unspecified atom stereocenters. The molecule has 0 bridgehead atoms. The summed E-state index contributed by atoms with van der Waals surface area (Å²) in [5, 5.41) is 6.43. The van der Waals surface area contributed by atoms with Crippen molar-refractivity contribution in [3.63, 3.8) is 0 Å². The lowest BCUT2D eigenvalue weighted by molar-refractivity contribution is 0.559. The fourth-order valence-corrected chi connectivity index (χ4v) is 2.44. The van der Waals surface area contributed by atoms with Gasteiger partial charge in [0.05, 0.1) is 0 Å². The third kappa shape index (κ3) is 3.39. The van der Waals surface area contributed by atoms with E-state index in [2.05, 4.69) is 61.8 Å². The van der Waals surface area contributed by atoms with Gasteiger partial charge in [-0.05, 0) is 12.8 Å². The number of nitrogens with one attached hydrogen (secondary N) is 2. The Morgan fingerprint density at radius 3 is 2.50 bits per heavy atom. The molecule has 0 amide bonds. The molecule has 0 aliphatic heterocycles. The summed E-state index contributed by atoms with van der Waals surface area (Å²) in [6, 6.07) is 0.413. The van der Waals surface area contributed by atoms with Crippen molar-refractivity contribution in [2.45, 2.75) is 53.0 Å². The molecule has 0 saturated heterocycles. The number of imidazole rings is 1. The lowest BCUT2D eigenvalue weighted by atomic mass is 9.93. The highest BCUT2D eigenvalue weighted by Crippen LogP contribution is 2.27. The smallest absolute Gasteiger partial charge is 0.183 e. The summed E-state index contributed by atoms with van der Waals surface area (Å²) >= 11 is 1.62. The number of nitrogens with zero attached hydrogens (tertiary/aromatic N) is 2. The number of rotatable bonds is 4. The minimum atomic E-state index is 0.0779. The third-order valence-electron chi connectivity index (χ3n) is 3.48. The predicted molar refractivity (Wildman–Crippen MR) is 86.3 cm³/mol. The van der Waals surface area contributed by atoms with Gasteiger partial charge in [0, 0.05) is 28.7 Å². The predicted octanol–water partition coefficient (Wildman–Crippen LogP) is 4.29. The second-order valence-corrected chi connectivity index (χ2v) is 7.47. The molecule has 5 heteroatoms. The molecule has 2 aromatic heterocycles. The van der Waals surface area contributed by atoms with Crippen molar-refractivity contribution in [1.29, 1.82) is 0 Å². The van der Waals surface area contributed by atoms with Crippen LogP contribution in [0.3, 0.4) is 0 Å². The molecule has 0 aliphatic carbocycles. The maximum atomic E-state index is 4.61. The Kier molecular flexibility index (Phi) is 4.18. The van der Waals surface area contributed by atoms with E-state index in [0.29, 0.717) is 12.0 Å². The molecule has 0 radical (unpaired) electrons. The summed E-state index contributed by atoms with van der Waals surface area (Å²) in [6.07, 6.45) is 1.90. The van der Waals surface area contributed by atoms with E-state index in [4.69, 9.17) is 0 Å². The van der Waals surface area contributed by atoms with Gasteiger partial charge in [-0.1, -0.05) is 34.6 Å². The van der Waals surface area contributed by atoms with Gasteiger partial charge in [-0.2, -0.15) is 0 Å². The van der Waals surface area contributed by atoms with Crippen molar-refractivity contribution in [2.24, 2.45) is 5.92 Å². The van der Waals surface area contributed by atoms with E-state index in [1.807, 2.05) is 11.6 Å². The Morgan fingerprint density at radius 1 is 1.25 bits per heavy atom. The molecule has 2 heterocycles. The summed E-state index contributed by atoms with van der Waals surface area (Å²) in [5.41, 5.74) is 2.11. The molecule has 4 nitrogen and oxygen atoms in total. The van der Waals surface area contributed by atoms with Gasteiger partial charge in [0.2, 0.25) is 0 Å². The number of aromatic nitrogens is 3. The van der Waals surface area contributed by atoms with Crippen molar-refractivity contribution < 1.29 is 0 Å². The summed E-state index contributed by atoms with van der Waals surface area (Å²) in [7, 11) is 0. The second kappa shape index (κ2) is 5.56. The van der Waals surface area contributed by atoms with Gasteiger partial charge in [-0.25, -0.2) is 9.97 Å². The maximum absolute atomic E-state index is 4.61. The normalized spacial score (nSPS) is 13.8. The molecule has 0 spiro atoms. The third-order valence-corrected chi connectivity index (χ3v) is 4.26. The highest BCUT2D eigenvalue weighted by molar-refractivity contribution is 7.14. The Balaban J connectivity index is 2.15. The summed E-state index contributed by atoms with van der Waals surface area (Å²) < 4.78 is 0. The van der Waals surface area contributed by atoms with Gasteiger partial charge in [0.1, 0.15) is 5.69 Å². The van der Waals surface area contributed by atoms with Crippen LogP contribution in [-0.2, 0) is 5.41 Å². The summed E-state index contributed by atoms with van der Waals surface area (Å²) in [4.78, 5) is 12.4. The largest absolute Gasteiger partial charge is 0.359 e. The fourth-order valence-electron chi connectivity index (χ4n) is 1.64. The maximum Gasteiger partial charge on any atom is 0.183 e. The number of thiazole rings is 1. The number of aromatic amines is 1. The van der Waals surface area contributed by atoms with Crippen LogP contribution >= 0.6 is 11.3 Å². The Hall–Kier alpha value is -1.36. The molecule has 0 fully saturated rings. The van der Waals surface area contributed by atoms with Crippen LogP contribution in [0, 0.1) is 5.92 Å². The second-order valence-electron chi connectivity index (χ2n) is 6.61. The highest BCUT2D eigenvalue weighted by Gasteiger charge is 2.18. The molecule has 2 N–H and O–H groups in total. The molecular formula is C15H24N4S. The Labute approximate surface area is 125 Å². The van der Waals surface area contributed by atoms with Crippen LogP contribution in [0.25, 0.3) is 11.5 Å². The standard InChI is InChI=1S/C15H24N4S/c1-9(2)10(3)17-14-18-11(8-20-14)13-16-7-12(19-13)15(4,5)6/h7-10H,1-6H3,(H,16,19)(H,17,18). The van der Waals surface area contributed by atoms with Crippen LogP contribution < -0.4 is 5.32 Å². The molecular weight excluding hydrogens is 268 g/mol. The van der Waals surface area contributed by atoms with E-state index >= 15 is 0 Å². The topological polar surface area (TPSA) is 53.6 Å². The van der Waals surface area contributed by atoms with Crippen molar-refractivity contribution >= 4 is 16.5 Å². The zero-order chi connectivity index (χ0) is 14.9. The van der Waals surface area contributed by atoms with E-state index in [-0.39, 0.29) is 5.41 Å². The summed E-state index contributed by atoms with van der Waals surface area (Å²) in [6.45, 7) is 13.1. The van der Waals surface area contributed by atoms with E-state index in [9.17, 15) is 0 Å². The Morgan fingerprint density at radius 2 is 1.95 bits per heavy atom. The minimum absolute atomic E-state index is 0.0779. The van der Waals surface area contributed by atoms with Gasteiger partial charge < -0.3 is 10.3 Å². The molecule has 110 valence electrons. The summed E-state index contributed by atoms with van der Waals surface area (Å²) in [5.74, 6) is 1.43. The van der Waals surface area contributed by atoms with E-state index < -0.39 is 0 Å². The lowest BCUT2D eigenvalue weighted by Gasteiger charge is -2.16. The van der Waals surface area contributed by atoms with E-state index in [1.165, 1.54) is 0 Å². The molecule has 0 aliphatic rings. The number of hydrogen-bond donors (Lipinski definition) is 2. The molecule has 0 aromatic carbocycles. The Bertz CT molecular complexity index is 562. The average molecular weight is 292 g/mol. The van der Waals surface area contributed by atoms with Crippen molar-refractivity contribution in [3.05, 3.63) is 17.3 Å². The number of H-pyrrole nitrogens is 1. The first kappa shape index (κ1) is 15.0. The van der Waals surface area contributed by atoms with Crippen LogP contribution in [0.4, 0.5) is 5.13 Å². The van der Waals surface area contributed by atoms with Crippen LogP contribution in [0.5, 0.6) is 0 Å². The number of anilines is 1. The zero-order valence-corrected chi connectivity index (χ0v) is 13.9. The van der Waals surface area contributed by atoms with Crippen LogP contribution in [0.2, 0.25) is 0 Å². The van der Waals surface area contributed by atoms with Gasteiger partial charge in [0.25, 0.3) is 0 Å². The molecule has 2 aromatic rings. The average Bonchev–Trinajstić information content (AvgIpc) is 2.94. The first-order valence-electron chi connectivity index (χ1n) is 7.05. The lowest BCUT2D eigenvalue weighted by Crippen LogP contribution is -2.21. The molecule has 20 heavy (non-hydrogen) atoms. The molecule has 2 rings (SSSR count). The SMILES string of the molecule is CC(C)C(C)Nc1nc(-c2ncc(C(C)(C)C)[nH]2)cs1. The van der Waals surface area contributed by atoms with Crippen LogP contribution in [0.15, 0.2) is 11.6 Å². The zero-order valence-electron chi connectivity index (χ0n) is 13.1. The van der Waals surface area contributed by atoms with Gasteiger partial charge in [-0.15, -0.1) is 11.3 Å². The van der Waals surface area contributed by atoms with Crippen molar-refractivity contribution in [2.75, 3.05) is 5.32 Å². The van der Waals surface area contributed by atoms with Gasteiger partial charge in [0.15, 0.2) is 11.0 Å². The van der Waals surface area contributed by atoms with Gasteiger partial charge >= 0.3 is 0 Å². The van der Waals surface area contributed by atoms with Gasteiger partial charge in [-0.3, -0.25) is 0 Å². The van der Waals surface area contributed by atoms with E-state index in [1.54, 1.807) is 11.3 Å². The highest BCUT2D eigenvalue weighted by atomic mass is 32.1. The first-order valence-corrected chi connectivity index (χ1v) is 7.93. The fraction of sp³-hybridized carbons (Fsp3) is 0.600. The monoisotopic (exact) mass is 292 g/mol. The first-order chi connectivity index (χ1) is 9.27. The molecule has 0 saturated carbocycles. The minimum Gasteiger partial charge on any atom is -0.359 e. The van der Waals surface area contributed by atoms with Crippen molar-refractivity contribution in [3.8, 4) is 11.5 Å². The molecule has 1 atom stereocenters. The van der Waals surface area contributed by atoms with Crippen LogP contribution in [0.1, 0.15) is 47.2 Å². The van der Waals surface area contributed by atoms with E-state index in [0.717, 1.165) is 22.3 Å². The van der Waals surface area contributed by atoms with Crippen LogP contribution in [-0.4, -0.2) is 21.0 Å².